The zero-order valence-electron chi connectivity index (χ0n) is 73.3. The number of hydrogen-bond acceptors (Lipinski definition) is 20. The van der Waals surface area contributed by atoms with Crippen molar-refractivity contribution < 1.29 is 105 Å². The second-order valence-corrected chi connectivity index (χ2v) is 76.5. The number of nitrogens with two attached hydrogens (primary N) is 2. The van der Waals surface area contributed by atoms with E-state index in [-0.39, 0.29) is 68.8 Å². The van der Waals surface area contributed by atoms with E-state index in [1.165, 1.54) is 0 Å². The molecule has 130 heavy (non-hydrogen) atoms. The van der Waals surface area contributed by atoms with Gasteiger partial charge in [-0.05, 0) is 177 Å². The van der Waals surface area contributed by atoms with Gasteiger partial charge >= 0.3 is 156 Å². The van der Waals surface area contributed by atoms with Gasteiger partial charge in [-0.3, -0.25) is 14.4 Å². The summed E-state index contributed by atoms with van der Waals surface area (Å²) in [5.41, 5.74) is 19.7. The summed E-state index contributed by atoms with van der Waals surface area (Å²) in [7, 11) is 0.628. The number of halogens is 7. The van der Waals surface area contributed by atoms with Gasteiger partial charge in [0.1, 0.15) is 97.2 Å². The predicted octanol–water partition coefficient (Wildman–Crippen LogP) is 22.9. The Morgan fingerprint density at radius 2 is 0.546 bits per heavy atom. The van der Waals surface area contributed by atoms with Crippen LogP contribution in [0, 0.1) is 19.8 Å². The van der Waals surface area contributed by atoms with E-state index in [1.54, 1.807) is 111 Å². The molecule has 0 radical (unpaired) electrons. The fourth-order valence-electron chi connectivity index (χ4n) is 10.9. The molecule has 5 unspecified atom stereocenters. The first kappa shape index (κ1) is 120. The van der Waals surface area contributed by atoms with Gasteiger partial charge in [0.2, 0.25) is 13.6 Å². The Bertz CT molecular complexity index is 4500. The number of carbonyl (C=O) groups is 7. The number of amides is 2. The van der Waals surface area contributed by atoms with Gasteiger partial charge in [-0.1, -0.05) is 227 Å². The number of esters is 4. The molecular weight excluding hydrogens is 2340 g/mol. The topological polar surface area (TPSA) is 317 Å². The molecule has 0 heterocycles. The van der Waals surface area contributed by atoms with Gasteiger partial charge in [-0.2, -0.15) is 13.8 Å². The zero-order valence-corrected chi connectivity index (χ0v) is 88.5. The molecule has 0 fully saturated rings. The van der Waals surface area contributed by atoms with Crippen LogP contribution < -0.4 is 45.8 Å². The summed E-state index contributed by atoms with van der Waals surface area (Å²) in [5, 5.41) is 14.0. The van der Waals surface area contributed by atoms with Crippen LogP contribution in [0.5, 0.6) is 28.7 Å². The SMILES string of the molecule is C.CC(C)(C)OC(=O)NC(Cc1ccc(OCc2ccccc2)cc1)C(=O)OCOC(=O)C(Cc1ccc(OCc2ccccc2)cc1)NC(=O)OC(C)(C)C.CC(Cc1ccc(OCc2ccccc2)cc1)C(=O)O.Cl.Cl.NC(Cc1ccc(OCc2ccccc2)cc1)C(=O)OCOC(=O)C(N)Cc1ccc(OCc2ccccc2)cc1.[CH2-]C.[CH2-]C.[I][V]([I])[I].[I][V][I]. The summed E-state index contributed by atoms with van der Waals surface area (Å²) in [5.74, 6) is -0.767. The molecule has 10 rings (SSSR count). The average Bonchev–Trinajstić information content (AvgIpc) is 0.844. The van der Waals surface area contributed by atoms with Crippen LogP contribution in [0.2, 0.25) is 0 Å². The molecule has 0 aliphatic heterocycles. The number of ether oxygens (including phenoxy) is 11. The third kappa shape index (κ3) is 54.5. The number of nitrogens with one attached hydrogen (secondary N) is 2. The van der Waals surface area contributed by atoms with Crippen molar-refractivity contribution in [1.82, 2.24) is 10.6 Å². The summed E-state index contributed by atoms with van der Waals surface area (Å²) >= 11 is 12.1. The number of hydrogen-bond donors (Lipinski definition) is 5. The van der Waals surface area contributed by atoms with Crippen LogP contribution in [0.15, 0.2) is 273 Å². The Labute approximate surface area is 845 Å². The number of carboxylic acids is 1. The number of alkyl carbamates (subject to hydrolysis) is 2. The van der Waals surface area contributed by atoms with Crippen molar-refractivity contribution in [3.8, 4) is 28.7 Å². The standard InChI is InChI=1S/C43H50N2O10.C33H34N2O6.C17H18O3.2C2H5.CH4.2ClH.5HI.2V/c1-42(2,3)54-40(48)44-36(25-30-17-21-34(22-18-30)50-27-32-13-9-7-10-14-32)38(46)52-29-53-39(47)37(45-41(49)55-43(4,5)6)26-31-19-23-35(24-20-31)51-28-33-15-11-8-12-16-33;34-30(19-24-11-15-28(16-12-24)38-21-26-7-3-1-4-8-26)32(36)40-23-41-33(37)31(35)20-25-13-17-29(18-14-25)39-22-27-9-5-2-6-10-27;1-13(17(18)19)11-14-7-9-16(10-8-14)20-12-15-5-3-2-4-6-15;2*1-2;;;;;;;;;;/h7-24,36-37H,25-29H2,1-6H3,(H,44,48)(H,45,49);1-18,30-31H,19-23,34-35H2;2-10,13H,11-12H2,1H3,(H,18,19);2*1H2,2H3;1H4;7*1H;;/q;;;2*-1;;;;;;;;;+2;+3/p-5. The first-order valence-corrected chi connectivity index (χ1v) is 62.7. The maximum absolute atomic E-state index is 13.3. The number of rotatable bonds is 36. The summed E-state index contributed by atoms with van der Waals surface area (Å²) in [6.45, 7) is 22.8. The average molecular weight is 2460 g/mol. The Morgan fingerprint density at radius 3 is 0.746 bits per heavy atom. The normalized spacial score (nSPS) is 11.3. The molecule has 23 nitrogen and oxygen atoms in total. The summed E-state index contributed by atoms with van der Waals surface area (Å²) in [6.07, 6.45) is -0.515. The molecule has 0 bridgehead atoms. The number of carbonyl (C=O) groups excluding carboxylic acids is 6. The Kier molecular flexibility index (Phi) is 64.2. The van der Waals surface area contributed by atoms with Gasteiger partial charge in [0.15, 0.2) is 0 Å². The molecule has 5 atom stereocenters. The molecule has 10 aromatic rings. The Balaban J connectivity index is 0.000000984. The molecule has 7 N–H and O–H groups in total. The number of benzene rings is 10. The molecule has 0 aromatic heterocycles. The summed E-state index contributed by atoms with van der Waals surface area (Å²) < 4.78 is 60.4. The second kappa shape index (κ2) is 69.3. The third-order valence-electron chi connectivity index (χ3n) is 17.0. The maximum atomic E-state index is 13.3. The molecule has 10 aromatic carbocycles. The molecule has 2 amide bonds. The van der Waals surface area contributed by atoms with Crippen LogP contribution in [-0.2, 0) is 132 Å². The molecular formula is C98H118Cl2I5N4O19V2-2. The van der Waals surface area contributed by atoms with Crippen LogP contribution in [0.25, 0.3) is 0 Å². The number of carboxylic acid groups (broad SMARTS) is 1. The van der Waals surface area contributed by atoms with Crippen molar-refractivity contribution in [3.63, 3.8) is 0 Å². The first-order chi connectivity index (χ1) is 60.9. The van der Waals surface area contributed by atoms with E-state index in [0.717, 1.165) is 50.3 Å². The van der Waals surface area contributed by atoms with E-state index in [9.17, 15) is 33.6 Å². The van der Waals surface area contributed by atoms with Gasteiger partial charge in [0, 0.05) is 12.8 Å². The van der Waals surface area contributed by atoms with Gasteiger partial charge < -0.3 is 93.2 Å². The predicted molar refractivity (Wildman–Crippen MR) is 551 cm³/mol. The van der Waals surface area contributed by atoms with Gasteiger partial charge in [-0.25, -0.2) is 19.2 Å². The molecule has 705 valence electrons. The Hall–Kier alpha value is -7.59. The van der Waals surface area contributed by atoms with E-state index in [1.807, 2.05) is 224 Å². The van der Waals surface area contributed by atoms with Crippen LogP contribution in [0.4, 0.5) is 9.59 Å². The minimum atomic E-state index is -1.19. The first-order valence-electron chi connectivity index (χ1n) is 40.2. The van der Waals surface area contributed by atoms with Gasteiger partial charge in [0.05, 0.1) is 5.92 Å². The van der Waals surface area contributed by atoms with Crippen molar-refractivity contribution in [3.05, 3.63) is 342 Å². The molecule has 0 aliphatic carbocycles. The fraction of sp³-hybridized carbons (Fsp3) is 0.296. The summed E-state index contributed by atoms with van der Waals surface area (Å²) in [6, 6.07) is 81.3. The van der Waals surface area contributed by atoms with Crippen molar-refractivity contribution in [1.29, 1.82) is 0 Å². The van der Waals surface area contributed by atoms with Crippen LogP contribution in [0.1, 0.15) is 125 Å². The van der Waals surface area contributed by atoms with Crippen molar-refractivity contribution in [2.24, 2.45) is 17.4 Å². The van der Waals surface area contributed by atoms with E-state index in [0.29, 0.717) is 83.0 Å². The van der Waals surface area contributed by atoms with E-state index in [2.05, 4.69) is 124 Å². The van der Waals surface area contributed by atoms with Crippen molar-refractivity contribution in [2.75, 3.05) is 13.6 Å². The second-order valence-electron chi connectivity index (χ2n) is 29.3. The van der Waals surface area contributed by atoms with Gasteiger partial charge in [0.25, 0.3) is 0 Å². The molecule has 0 saturated carbocycles. The van der Waals surface area contributed by atoms with E-state index in [4.69, 9.17) is 68.7 Å². The van der Waals surface area contributed by atoms with E-state index < -0.39 is 91.0 Å². The fourth-order valence-corrected chi connectivity index (χ4v) is 10.9. The molecule has 32 heteroatoms. The zero-order chi connectivity index (χ0) is 93.4. The minimum absolute atomic E-state index is 0. The quantitative estimate of drug-likeness (QED) is 0.00801. The molecule has 0 aliphatic rings. The van der Waals surface area contributed by atoms with Crippen molar-refractivity contribution >= 4 is 167 Å². The Morgan fingerprint density at radius 1 is 0.354 bits per heavy atom. The monoisotopic (exact) mass is 2460 g/mol. The van der Waals surface area contributed by atoms with Crippen LogP contribution >= 0.6 is 125 Å². The van der Waals surface area contributed by atoms with Crippen LogP contribution in [0.3, 0.4) is 0 Å². The number of aliphatic carboxylic acids is 1. The van der Waals surface area contributed by atoms with Crippen LogP contribution in [-0.4, -0.2) is 96.1 Å². The van der Waals surface area contributed by atoms with Crippen molar-refractivity contribution in [2.45, 2.75) is 170 Å². The molecule has 0 saturated heterocycles. The van der Waals surface area contributed by atoms with Gasteiger partial charge in [-0.15, -0.1) is 24.8 Å². The van der Waals surface area contributed by atoms with E-state index >= 15 is 0 Å². The summed E-state index contributed by atoms with van der Waals surface area (Å²) in [4.78, 5) is 87.1. The molecule has 0 spiro atoms. The third-order valence-corrected chi connectivity index (χ3v) is 17.0.